The Hall–Kier alpha value is -1.90. The summed E-state index contributed by atoms with van der Waals surface area (Å²) in [4.78, 5) is 27.2. The Labute approximate surface area is 151 Å². The molecule has 25 heavy (non-hydrogen) atoms. The molecule has 3 amide bonds. The number of hydrogen-bond donors (Lipinski definition) is 3. The van der Waals surface area contributed by atoms with Crippen LogP contribution < -0.4 is 10.6 Å². The van der Waals surface area contributed by atoms with E-state index in [0.29, 0.717) is 19.5 Å². The number of rotatable bonds is 6. The molecule has 0 aliphatic carbocycles. The lowest BCUT2D eigenvalue weighted by molar-refractivity contribution is -0.130. The molecule has 1 aromatic rings. The summed E-state index contributed by atoms with van der Waals surface area (Å²) in [6.07, 6.45) is 1.96. The fraction of sp³-hybridized carbons (Fsp3) is 0.529. The molecule has 2 rings (SSSR count). The number of aliphatic hydroxyl groups is 1. The number of amides is 3. The molecule has 0 unspecified atom stereocenters. The van der Waals surface area contributed by atoms with Crippen molar-refractivity contribution in [2.24, 2.45) is 0 Å². The number of ether oxygens (including phenoxy) is 1. The first kappa shape index (κ1) is 19.4. The van der Waals surface area contributed by atoms with Gasteiger partial charge in [0.1, 0.15) is 6.61 Å². The van der Waals surface area contributed by atoms with Gasteiger partial charge in [0, 0.05) is 25.1 Å². The first-order valence-electron chi connectivity index (χ1n) is 8.10. The maximum absolute atomic E-state index is 12.6. The smallest absolute Gasteiger partial charge is 0.318 e. The summed E-state index contributed by atoms with van der Waals surface area (Å²) in [5, 5.41) is 18.4. The standard InChI is InChI=1S/C17H25N3O4S/c1-4-8-18-16(22)20-9-7-17(2,23)15(19-13(21)11-24-3)14(20)12-6-5-10-25-12/h4-6,10,14-15,23H,1,7-9,11H2,2-3H3,(H,18,22)(H,19,21)/t14-,15-,17+/m0/s1. The van der Waals surface area contributed by atoms with Crippen molar-refractivity contribution in [3.63, 3.8) is 0 Å². The molecular weight excluding hydrogens is 342 g/mol. The minimum Gasteiger partial charge on any atom is -0.388 e. The van der Waals surface area contributed by atoms with Crippen LogP contribution in [0.3, 0.4) is 0 Å². The van der Waals surface area contributed by atoms with Gasteiger partial charge in [-0.15, -0.1) is 17.9 Å². The molecule has 1 aliphatic heterocycles. The molecule has 138 valence electrons. The summed E-state index contributed by atoms with van der Waals surface area (Å²) in [6.45, 7) is 5.92. The highest BCUT2D eigenvalue weighted by atomic mass is 32.1. The zero-order valence-electron chi connectivity index (χ0n) is 14.5. The number of carbonyl (C=O) groups is 2. The van der Waals surface area contributed by atoms with Crippen molar-refractivity contribution in [1.82, 2.24) is 15.5 Å². The highest BCUT2D eigenvalue weighted by molar-refractivity contribution is 7.10. The third-order valence-electron chi connectivity index (χ3n) is 4.27. The third kappa shape index (κ3) is 4.59. The molecule has 3 atom stereocenters. The molecule has 0 saturated carbocycles. The van der Waals surface area contributed by atoms with Gasteiger partial charge >= 0.3 is 6.03 Å². The number of methoxy groups -OCH3 is 1. The Kier molecular flexibility index (Phi) is 6.57. The van der Waals surface area contributed by atoms with Gasteiger partial charge in [0.2, 0.25) is 5.91 Å². The van der Waals surface area contributed by atoms with Crippen LogP contribution >= 0.6 is 11.3 Å². The van der Waals surface area contributed by atoms with Crippen molar-refractivity contribution in [2.45, 2.75) is 31.0 Å². The summed E-state index contributed by atoms with van der Waals surface area (Å²) < 4.78 is 4.87. The minimum atomic E-state index is -1.15. The molecule has 7 nitrogen and oxygen atoms in total. The van der Waals surface area contributed by atoms with Crippen molar-refractivity contribution >= 4 is 23.3 Å². The van der Waals surface area contributed by atoms with E-state index < -0.39 is 17.7 Å². The van der Waals surface area contributed by atoms with Crippen LogP contribution in [0.15, 0.2) is 30.2 Å². The molecule has 1 fully saturated rings. The first-order valence-corrected chi connectivity index (χ1v) is 8.98. The van der Waals surface area contributed by atoms with E-state index in [1.807, 2.05) is 17.5 Å². The van der Waals surface area contributed by atoms with E-state index >= 15 is 0 Å². The molecule has 2 heterocycles. The molecule has 1 aromatic heterocycles. The van der Waals surface area contributed by atoms with Crippen LogP contribution in [0.1, 0.15) is 24.3 Å². The Morgan fingerprint density at radius 3 is 2.96 bits per heavy atom. The van der Waals surface area contributed by atoms with Crippen LogP contribution in [0.5, 0.6) is 0 Å². The summed E-state index contributed by atoms with van der Waals surface area (Å²) in [5.41, 5.74) is -1.15. The maximum Gasteiger partial charge on any atom is 0.318 e. The van der Waals surface area contributed by atoms with Gasteiger partial charge < -0.3 is 25.4 Å². The van der Waals surface area contributed by atoms with Crippen LogP contribution in [0.4, 0.5) is 4.79 Å². The van der Waals surface area contributed by atoms with E-state index in [0.717, 1.165) is 4.88 Å². The van der Waals surface area contributed by atoms with E-state index in [1.54, 1.807) is 17.9 Å². The zero-order valence-corrected chi connectivity index (χ0v) is 15.3. The zero-order chi connectivity index (χ0) is 18.4. The summed E-state index contributed by atoms with van der Waals surface area (Å²) >= 11 is 1.48. The van der Waals surface area contributed by atoms with Crippen LogP contribution in [0, 0.1) is 0 Å². The SMILES string of the molecule is C=CCNC(=O)N1CC[C@@](C)(O)[C@@H](NC(=O)COC)[C@@H]1c1cccs1. The van der Waals surface area contributed by atoms with Crippen molar-refractivity contribution in [3.8, 4) is 0 Å². The lowest BCUT2D eigenvalue weighted by Gasteiger charge is -2.48. The number of nitrogens with one attached hydrogen (secondary N) is 2. The first-order chi connectivity index (χ1) is 11.9. The molecule has 3 N–H and O–H groups in total. The number of piperidine rings is 1. The van der Waals surface area contributed by atoms with Crippen molar-refractivity contribution < 1.29 is 19.4 Å². The van der Waals surface area contributed by atoms with Gasteiger partial charge in [-0.3, -0.25) is 4.79 Å². The van der Waals surface area contributed by atoms with Gasteiger partial charge in [0.15, 0.2) is 0 Å². The normalized spacial score (nSPS) is 26.1. The van der Waals surface area contributed by atoms with Crippen molar-refractivity contribution in [1.29, 1.82) is 0 Å². The van der Waals surface area contributed by atoms with Gasteiger partial charge in [-0.25, -0.2) is 4.79 Å². The van der Waals surface area contributed by atoms with E-state index in [4.69, 9.17) is 4.74 Å². The molecular formula is C17H25N3O4S. The predicted octanol–water partition coefficient (Wildman–Crippen LogP) is 1.27. The van der Waals surface area contributed by atoms with E-state index in [2.05, 4.69) is 17.2 Å². The quantitative estimate of drug-likeness (QED) is 0.661. The van der Waals surface area contributed by atoms with Gasteiger partial charge in [-0.05, 0) is 24.8 Å². The second kappa shape index (κ2) is 8.46. The number of hydrogen-bond acceptors (Lipinski definition) is 5. The van der Waals surface area contributed by atoms with Crippen LogP contribution in [-0.2, 0) is 9.53 Å². The van der Waals surface area contributed by atoms with Crippen molar-refractivity contribution in [2.75, 3.05) is 26.8 Å². The highest BCUT2D eigenvalue weighted by Gasteiger charge is 2.48. The van der Waals surface area contributed by atoms with E-state index in [-0.39, 0.29) is 18.5 Å². The number of likely N-dealkylation sites (tertiary alicyclic amines) is 1. The van der Waals surface area contributed by atoms with Crippen LogP contribution in [-0.4, -0.2) is 60.4 Å². The lowest BCUT2D eigenvalue weighted by Crippen LogP contribution is -2.64. The molecule has 0 aromatic carbocycles. The van der Waals surface area contributed by atoms with E-state index in [1.165, 1.54) is 18.4 Å². The summed E-state index contributed by atoms with van der Waals surface area (Å²) in [7, 11) is 1.43. The van der Waals surface area contributed by atoms with Crippen molar-refractivity contribution in [3.05, 3.63) is 35.0 Å². The number of nitrogens with zero attached hydrogens (tertiary/aromatic N) is 1. The fourth-order valence-electron chi connectivity index (χ4n) is 3.01. The van der Waals surface area contributed by atoms with E-state index in [9.17, 15) is 14.7 Å². The van der Waals surface area contributed by atoms with Crippen LogP contribution in [0.25, 0.3) is 0 Å². The molecule has 1 saturated heterocycles. The highest BCUT2D eigenvalue weighted by Crippen LogP contribution is 2.38. The number of carbonyl (C=O) groups excluding carboxylic acids is 2. The average Bonchev–Trinajstić information content (AvgIpc) is 3.08. The van der Waals surface area contributed by atoms with Gasteiger partial charge in [0.25, 0.3) is 0 Å². The fourth-order valence-corrected chi connectivity index (χ4v) is 3.88. The van der Waals surface area contributed by atoms with Gasteiger partial charge in [-0.1, -0.05) is 12.1 Å². The van der Waals surface area contributed by atoms with Gasteiger partial charge in [0.05, 0.1) is 17.7 Å². The Morgan fingerprint density at radius 1 is 1.60 bits per heavy atom. The monoisotopic (exact) mass is 367 g/mol. The minimum absolute atomic E-state index is 0.105. The Bertz CT molecular complexity index is 603. The summed E-state index contributed by atoms with van der Waals surface area (Å²) in [5.74, 6) is -0.331. The lowest BCUT2D eigenvalue weighted by atomic mass is 9.82. The Balaban J connectivity index is 2.33. The van der Waals surface area contributed by atoms with Gasteiger partial charge in [-0.2, -0.15) is 0 Å². The Morgan fingerprint density at radius 2 is 2.36 bits per heavy atom. The molecule has 0 spiro atoms. The maximum atomic E-state index is 12.6. The topological polar surface area (TPSA) is 90.9 Å². The second-order valence-corrected chi connectivity index (χ2v) is 7.19. The van der Waals surface area contributed by atoms with Crippen LogP contribution in [0.2, 0.25) is 0 Å². The molecule has 0 bridgehead atoms. The molecule has 1 aliphatic rings. The molecule has 8 heteroatoms. The largest absolute Gasteiger partial charge is 0.388 e. The summed E-state index contributed by atoms with van der Waals surface area (Å²) in [6, 6.07) is 2.43. The number of thiophene rings is 1. The third-order valence-corrected chi connectivity index (χ3v) is 5.21. The average molecular weight is 367 g/mol. The predicted molar refractivity (Wildman–Crippen MR) is 96.4 cm³/mol. The second-order valence-electron chi connectivity index (χ2n) is 6.21. The molecule has 0 radical (unpaired) electrons. The number of urea groups is 1.